The van der Waals surface area contributed by atoms with Crippen molar-refractivity contribution < 1.29 is 14.3 Å². The van der Waals surface area contributed by atoms with Crippen molar-refractivity contribution in [2.45, 2.75) is 18.8 Å². The van der Waals surface area contributed by atoms with Crippen LogP contribution in [0.3, 0.4) is 0 Å². The van der Waals surface area contributed by atoms with Crippen molar-refractivity contribution >= 4 is 11.7 Å². The van der Waals surface area contributed by atoms with Crippen LogP contribution in [-0.2, 0) is 6.42 Å². The van der Waals surface area contributed by atoms with Crippen LogP contribution in [0.5, 0.6) is 0 Å². The molecule has 0 bridgehead atoms. The van der Waals surface area contributed by atoms with Crippen LogP contribution in [0.25, 0.3) is 0 Å². The highest BCUT2D eigenvalue weighted by molar-refractivity contribution is 5.98. The molecule has 2 aromatic rings. The summed E-state index contributed by atoms with van der Waals surface area (Å²) in [4.78, 5) is 25.9. The highest BCUT2D eigenvalue weighted by Gasteiger charge is 2.30. The average Bonchev–Trinajstić information content (AvgIpc) is 3.17. The van der Waals surface area contributed by atoms with E-state index in [1.807, 2.05) is 12.1 Å². The number of ketones is 1. The Balaban J connectivity index is 1.52. The third-order valence-electron chi connectivity index (χ3n) is 5.04. The van der Waals surface area contributed by atoms with Gasteiger partial charge < -0.3 is 14.4 Å². The van der Waals surface area contributed by atoms with Gasteiger partial charge in [-0.05, 0) is 12.1 Å². The molecule has 2 aromatic heterocycles. The number of piperazine rings is 1. The number of aliphatic hydroxyl groups excluding tert-OH is 1. The molecular weight excluding hydrogens is 320 g/mol. The van der Waals surface area contributed by atoms with Gasteiger partial charge in [0.1, 0.15) is 5.76 Å². The first-order valence-electron chi connectivity index (χ1n) is 8.75. The molecule has 3 heterocycles. The SMILES string of the molecule is O=C1C[C@H](c2ccco2)Cc2nc(N3CCN(CCO)CC3)ncc21. The van der Waals surface area contributed by atoms with Gasteiger partial charge in [-0.3, -0.25) is 9.69 Å². The molecule has 0 radical (unpaired) electrons. The van der Waals surface area contributed by atoms with Gasteiger partial charge >= 0.3 is 0 Å². The third kappa shape index (κ3) is 3.29. The maximum atomic E-state index is 12.4. The van der Waals surface area contributed by atoms with E-state index < -0.39 is 0 Å². The lowest BCUT2D eigenvalue weighted by molar-refractivity contribution is 0.0958. The van der Waals surface area contributed by atoms with Gasteiger partial charge in [0.05, 0.1) is 24.1 Å². The monoisotopic (exact) mass is 342 g/mol. The number of fused-ring (bicyclic) bond motifs is 1. The van der Waals surface area contributed by atoms with Gasteiger partial charge in [-0.2, -0.15) is 0 Å². The van der Waals surface area contributed by atoms with E-state index in [9.17, 15) is 4.79 Å². The summed E-state index contributed by atoms with van der Waals surface area (Å²) >= 11 is 0. The van der Waals surface area contributed by atoms with Crippen LogP contribution in [0.4, 0.5) is 5.95 Å². The molecule has 0 amide bonds. The van der Waals surface area contributed by atoms with Gasteiger partial charge in [0.15, 0.2) is 5.78 Å². The summed E-state index contributed by atoms with van der Waals surface area (Å²) in [6.45, 7) is 4.32. The van der Waals surface area contributed by atoms with Gasteiger partial charge in [-0.15, -0.1) is 0 Å². The molecule has 7 nitrogen and oxygen atoms in total. The second-order valence-electron chi connectivity index (χ2n) is 6.63. The fourth-order valence-corrected chi connectivity index (χ4v) is 3.62. The van der Waals surface area contributed by atoms with Gasteiger partial charge in [-0.1, -0.05) is 0 Å². The second-order valence-corrected chi connectivity index (χ2v) is 6.63. The number of furan rings is 1. The zero-order valence-electron chi connectivity index (χ0n) is 14.1. The maximum absolute atomic E-state index is 12.4. The molecule has 0 unspecified atom stereocenters. The van der Waals surface area contributed by atoms with E-state index in [2.05, 4.69) is 14.8 Å². The number of hydrogen-bond donors (Lipinski definition) is 1. The Morgan fingerprint density at radius 1 is 1.24 bits per heavy atom. The molecule has 1 aliphatic heterocycles. The van der Waals surface area contributed by atoms with Crippen LogP contribution < -0.4 is 4.90 Å². The van der Waals surface area contributed by atoms with Gasteiger partial charge in [0, 0.05) is 57.7 Å². The van der Waals surface area contributed by atoms with E-state index in [0.29, 0.717) is 30.9 Å². The molecule has 7 heteroatoms. The second kappa shape index (κ2) is 6.93. The Hall–Kier alpha value is -2.25. The number of nitrogens with zero attached hydrogens (tertiary/aromatic N) is 4. The van der Waals surface area contributed by atoms with Crippen LogP contribution in [0.15, 0.2) is 29.0 Å². The molecule has 1 saturated heterocycles. The summed E-state index contributed by atoms with van der Waals surface area (Å²) in [5.41, 5.74) is 1.46. The topological polar surface area (TPSA) is 82.7 Å². The first-order chi connectivity index (χ1) is 12.2. The average molecular weight is 342 g/mol. The van der Waals surface area contributed by atoms with Crippen molar-refractivity contribution in [2.24, 2.45) is 0 Å². The molecule has 1 N–H and O–H groups in total. The van der Waals surface area contributed by atoms with Crippen molar-refractivity contribution in [3.8, 4) is 0 Å². The van der Waals surface area contributed by atoms with Crippen LogP contribution in [0.1, 0.15) is 34.2 Å². The summed E-state index contributed by atoms with van der Waals surface area (Å²) in [5, 5.41) is 9.04. The molecule has 0 saturated carbocycles. The number of anilines is 1. The predicted octanol–water partition coefficient (Wildman–Crippen LogP) is 1.10. The van der Waals surface area contributed by atoms with Crippen molar-refractivity contribution in [3.63, 3.8) is 0 Å². The fourth-order valence-electron chi connectivity index (χ4n) is 3.62. The minimum absolute atomic E-state index is 0.0548. The van der Waals surface area contributed by atoms with E-state index in [1.165, 1.54) is 0 Å². The summed E-state index contributed by atoms with van der Waals surface area (Å²) in [7, 11) is 0. The van der Waals surface area contributed by atoms with E-state index in [0.717, 1.165) is 37.6 Å². The number of rotatable bonds is 4. The van der Waals surface area contributed by atoms with Crippen molar-refractivity contribution in [3.05, 3.63) is 41.6 Å². The van der Waals surface area contributed by atoms with Gasteiger partial charge in [-0.25, -0.2) is 9.97 Å². The largest absolute Gasteiger partial charge is 0.469 e. The minimum Gasteiger partial charge on any atom is -0.469 e. The van der Waals surface area contributed by atoms with Crippen LogP contribution >= 0.6 is 0 Å². The molecule has 1 aliphatic carbocycles. The molecule has 1 atom stereocenters. The molecule has 1 fully saturated rings. The van der Waals surface area contributed by atoms with Gasteiger partial charge in [0.2, 0.25) is 5.95 Å². The summed E-state index contributed by atoms with van der Waals surface area (Å²) in [5.74, 6) is 1.67. The summed E-state index contributed by atoms with van der Waals surface area (Å²) < 4.78 is 5.49. The van der Waals surface area contributed by atoms with E-state index in [-0.39, 0.29) is 18.3 Å². The normalized spacial score (nSPS) is 21.4. The highest BCUT2D eigenvalue weighted by atomic mass is 16.3. The first kappa shape index (κ1) is 16.2. The number of aliphatic hydroxyl groups is 1. The molecule has 2 aliphatic rings. The zero-order valence-corrected chi connectivity index (χ0v) is 14.1. The molecule has 0 spiro atoms. The van der Waals surface area contributed by atoms with Crippen molar-refractivity contribution in [1.29, 1.82) is 0 Å². The Morgan fingerprint density at radius 3 is 2.80 bits per heavy atom. The number of β-amino-alcohol motifs (C(OH)–C–C–N with tert-alkyl or cyclic N) is 1. The standard InChI is InChI=1S/C18H22N4O3/c23-8-7-21-3-5-22(6-4-21)18-19-12-14-15(20-18)10-13(11-16(14)24)17-2-1-9-25-17/h1-2,9,12-13,23H,3-8,10-11H2/t13-/m1/s1. The lowest BCUT2D eigenvalue weighted by Gasteiger charge is -2.34. The van der Waals surface area contributed by atoms with E-state index >= 15 is 0 Å². The van der Waals surface area contributed by atoms with Gasteiger partial charge in [0.25, 0.3) is 0 Å². The summed E-state index contributed by atoms with van der Waals surface area (Å²) in [6, 6.07) is 3.78. The van der Waals surface area contributed by atoms with Crippen molar-refractivity contribution in [1.82, 2.24) is 14.9 Å². The van der Waals surface area contributed by atoms with E-state index in [1.54, 1.807) is 12.5 Å². The molecule has 25 heavy (non-hydrogen) atoms. The molecule has 132 valence electrons. The Labute approximate surface area is 146 Å². The smallest absolute Gasteiger partial charge is 0.225 e. The number of Topliss-reactive ketones (excluding diaryl/α,β-unsaturated/α-hetero) is 1. The number of carbonyl (C=O) groups excluding carboxylic acids is 1. The van der Waals surface area contributed by atoms with Crippen LogP contribution in [0.2, 0.25) is 0 Å². The number of hydrogen-bond acceptors (Lipinski definition) is 7. The lowest BCUT2D eigenvalue weighted by atomic mass is 9.85. The maximum Gasteiger partial charge on any atom is 0.225 e. The molecule has 4 rings (SSSR count). The zero-order chi connectivity index (χ0) is 17.2. The highest BCUT2D eigenvalue weighted by Crippen LogP contribution is 2.32. The predicted molar refractivity (Wildman–Crippen MR) is 91.9 cm³/mol. The molecular formula is C18H22N4O3. The Bertz CT molecular complexity index is 739. The van der Waals surface area contributed by atoms with Crippen LogP contribution in [-0.4, -0.2) is 65.1 Å². The first-order valence-corrected chi connectivity index (χ1v) is 8.75. The Kier molecular flexibility index (Phi) is 4.50. The molecule has 0 aromatic carbocycles. The van der Waals surface area contributed by atoms with Crippen molar-refractivity contribution in [2.75, 3.05) is 44.2 Å². The lowest BCUT2D eigenvalue weighted by Crippen LogP contribution is -2.47. The Morgan fingerprint density at radius 2 is 2.08 bits per heavy atom. The fraction of sp³-hybridized carbons (Fsp3) is 0.500. The summed E-state index contributed by atoms with van der Waals surface area (Å²) in [6.07, 6.45) is 4.47. The van der Waals surface area contributed by atoms with E-state index in [4.69, 9.17) is 14.5 Å². The third-order valence-corrected chi connectivity index (χ3v) is 5.04. The number of carbonyl (C=O) groups is 1. The number of aromatic nitrogens is 2. The minimum atomic E-state index is 0.0548. The quantitative estimate of drug-likeness (QED) is 0.891. The van der Waals surface area contributed by atoms with Crippen LogP contribution in [0, 0.1) is 0 Å².